The Morgan fingerprint density at radius 2 is 1.82 bits per heavy atom. The van der Waals surface area contributed by atoms with Gasteiger partial charge in [-0.1, -0.05) is 23.7 Å². The van der Waals surface area contributed by atoms with Crippen molar-refractivity contribution in [1.82, 2.24) is 15.0 Å². The molecular weight excluding hydrogens is 565 g/mol. The minimum absolute atomic E-state index is 0.144. The molecule has 0 fully saturated rings. The van der Waals surface area contributed by atoms with E-state index in [2.05, 4.69) is 9.46 Å². The number of nitrogens with zero attached hydrogens (tertiary/aromatic N) is 6. The molecule has 3 rings (SSSR count). The van der Waals surface area contributed by atoms with E-state index < -0.39 is 44.5 Å². The number of hydrazine groups is 1. The highest BCUT2D eigenvalue weighted by molar-refractivity contribution is 7.93. The summed E-state index contributed by atoms with van der Waals surface area (Å²) in [7, 11) is -1.06. The van der Waals surface area contributed by atoms with Crippen molar-refractivity contribution in [2.24, 2.45) is 9.46 Å². The number of hydrogen-bond acceptors (Lipinski definition) is 7. The van der Waals surface area contributed by atoms with Gasteiger partial charge in [-0.2, -0.15) is 23.5 Å². The third-order valence-corrected chi connectivity index (χ3v) is 8.80. The number of alkyl halides is 3. The Morgan fingerprint density at radius 3 is 2.40 bits per heavy atom. The summed E-state index contributed by atoms with van der Waals surface area (Å²) < 4.78 is 57.1. The highest BCUT2D eigenvalue weighted by Crippen LogP contribution is 2.36. The smallest absolute Gasteiger partial charge is 0.296 e. The van der Waals surface area contributed by atoms with Crippen LogP contribution in [0.5, 0.6) is 0 Å². The quantitative estimate of drug-likeness (QED) is 0.392. The summed E-state index contributed by atoms with van der Waals surface area (Å²) in [6, 6.07) is 8.86. The first kappa shape index (κ1) is 31.4. The lowest BCUT2D eigenvalue weighted by Crippen LogP contribution is -2.55. The molecule has 0 radical (unpaired) electrons. The molecule has 1 aliphatic rings. The molecule has 13 heteroatoms. The molecule has 2 aromatic rings. The van der Waals surface area contributed by atoms with Crippen LogP contribution in [0.4, 0.5) is 13.2 Å². The van der Waals surface area contributed by atoms with Crippen molar-refractivity contribution < 1.29 is 22.2 Å². The zero-order valence-corrected chi connectivity index (χ0v) is 24.7. The van der Waals surface area contributed by atoms with Gasteiger partial charge in [-0.25, -0.2) is 9.22 Å². The van der Waals surface area contributed by atoms with Crippen LogP contribution in [0.3, 0.4) is 0 Å². The summed E-state index contributed by atoms with van der Waals surface area (Å²) >= 11 is 5.83. The van der Waals surface area contributed by atoms with E-state index in [9.17, 15) is 22.2 Å². The van der Waals surface area contributed by atoms with Crippen LogP contribution in [-0.4, -0.2) is 62.8 Å². The number of amides is 1. The van der Waals surface area contributed by atoms with Crippen LogP contribution in [0.15, 0.2) is 56.8 Å². The molecule has 1 amide bonds. The minimum atomic E-state index is -4.72. The molecule has 216 valence electrons. The van der Waals surface area contributed by atoms with Gasteiger partial charge in [-0.05, 0) is 63.6 Å². The minimum Gasteiger partial charge on any atom is -0.296 e. The number of benzene rings is 2. The molecule has 1 aliphatic heterocycles. The van der Waals surface area contributed by atoms with E-state index in [0.717, 1.165) is 23.4 Å². The zero-order chi connectivity index (χ0) is 30.0. The zero-order valence-electron chi connectivity index (χ0n) is 23.1. The lowest BCUT2D eigenvalue weighted by Gasteiger charge is -2.43. The van der Waals surface area contributed by atoms with Gasteiger partial charge in [-0.3, -0.25) is 14.8 Å². The number of rotatable bonds is 4. The first-order chi connectivity index (χ1) is 18.6. The molecule has 0 bridgehead atoms. The van der Waals surface area contributed by atoms with Crippen LogP contribution < -0.4 is 0 Å². The summed E-state index contributed by atoms with van der Waals surface area (Å²) in [4.78, 5) is 14.4. The van der Waals surface area contributed by atoms with Crippen molar-refractivity contribution in [3.63, 3.8) is 0 Å². The van der Waals surface area contributed by atoms with Crippen LogP contribution in [0.25, 0.3) is 0 Å². The van der Waals surface area contributed by atoms with Gasteiger partial charge in [0.05, 0.1) is 38.4 Å². The molecule has 1 heterocycles. The molecule has 2 unspecified atom stereocenters. The second kappa shape index (κ2) is 12.2. The number of halogens is 4. The molecule has 0 aromatic heterocycles. The molecular formula is C27H32ClF3N6O2S. The second-order valence-electron chi connectivity index (χ2n) is 10.0. The lowest BCUT2D eigenvalue weighted by molar-refractivity contribution is -0.137. The molecule has 0 saturated heterocycles. The standard InChI is InChI=1S/C27H32ClF3N6O2S/c1-17-13-18(2)37(26(38)22-9-12-25(28)24(14-22)27(29,30)31)36(15-19(3)35(5)34-17)20(4)21-7-10-23(11-8-21)40(6,39)33-16-32/h7-12,14,18-20H,13,15H2,1-6H3/b34-17+/t18-,19-,20?,40?/m1/s1. The maximum absolute atomic E-state index is 14.0. The molecule has 0 N–H and O–H groups in total. The number of nitriles is 1. The third-order valence-electron chi connectivity index (χ3n) is 6.89. The van der Waals surface area contributed by atoms with Crippen molar-refractivity contribution in [3.8, 4) is 6.19 Å². The average Bonchev–Trinajstić information content (AvgIpc) is 2.90. The molecule has 8 nitrogen and oxygen atoms in total. The van der Waals surface area contributed by atoms with Crippen molar-refractivity contribution in [2.45, 2.75) is 63.3 Å². The van der Waals surface area contributed by atoms with Gasteiger partial charge in [0.1, 0.15) is 0 Å². The van der Waals surface area contributed by atoms with Gasteiger partial charge < -0.3 is 0 Å². The van der Waals surface area contributed by atoms with Crippen LogP contribution >= 0.6 is 11.6 Å². The fourth-order valence-corrected chi connectivity index (χ4v) is 5.75. The third kappa shape index (κ3) is 6.95. The highest BCUT2D eigenvalue weighted by atomic mass is 35.5. The fourth-order valence-electron chi connectivity index (χ4n) is 4.62. The first-order valence-electron chi connectivity index (χ1n) is 12.5. The monoisotopic (exact) mass is 596 g/mol. The summed E-state index contributed by atoms with van der Waals surface area (Å²) in [5.74, 6) is -0.605. The maximum atomic E-state index is 14.0. The van der Waals surface area contributed by atoms with Crippen LogP contribution in [0.1, 0.15) is 61.6 Å². The Labute approximate surface area is 238 Å². The predicted octanol–water partition coefficient (Wildman–Crippen LogP) is 6.21. The van der Waals surface area contributed by atoms with Gasteiger partial charge in [-0.15, -0.1) is 4.36 Å². The number of carbonyl (C=O) groups excluding carboxylic acids is 1. The Bertz CT molecular complexity index is 1450. The van der Waals surface area contributed by atoms with Crippen LogP contribution in [0.2, 0.25) is 5.02 Å². The van der Waals surface area contributed by atoms with E-state index in [0.29, 0.717) is 17.9 Å². The van der Waals surface area contributed by atoms with E-state index in [4.69, 9.17) is 16.9 Å². The Balaban J connectivity index is 2.13. The van der Waals surface area contributed by atoms with Crippen molar-refractivity contribution >= 4 is 32.9 Å². The Kier molecular flexibility index (Phi) is 9.54. The maximum Gasteiger partial charge on any atom is 0.417 e. The summed E-state index contributed by atoms with van der Waals surface area (Å²) in [6.07, 6.45) is -1.38. The molecule has 40 heavy (non-hydrogen) atoms. The van der Waals surface area contributed by atoms with Crippen molar-refractivity contribution in [2.75, 3.05) is 19.8 Å². The Hall–Kier alpha value is -3.14. The molecule has 0 aliphatic carbocycles. The van der Waals surface area contributed by atoms with Gasteiger partial charge in [0.2, 0.25) is 6.19 Å². The summed E-state index contributed by atoms with van der Waals surface area (Å²) in [5, 5.41) is 18.2. The largest absolute Gasteiger partial charge is 0.417 e. The van der Waals surface area contributed by atoms with Gasteiger partial charge in [0.15, 0.2) is 0 Å². The van der Waals surface area contributed by atoms with Gasteiger partial charge >= 0.3 is 6.18 Å². The van der Waals surface area contributed by atoms with E-state index in [1.807, 2.05) is 39.8 Å². The number of carbonyl (C=O) groups is 1. The first-order valence-corrected chi connectivity index (χ1v) is 14.8. The van der Waals surface area contributed by atoms with E-state index >= 15 is 0 Å². The number of likely N-dealkylation sites (N-methyl/N-ethyl adjacent to an activating group) is 1. The van der Waals surface area contributed by atoms with Gasteiger partial charge in [0.25, 0.3) is 5.91 Å². The molecule has 2 aromatic carbocycles. The summed E-state index contributed by atoms with van der Waals surface area (Å²) in [6.45, 7) is 7.81. The fraction of sp³-hybridized carbons (Fsp3) is 0.444. The SMILES string of the molecule is C/C1=N\N(C)[C@H](C)CN(C(C)c2ccc(S(C)(=O)=NC#N)cc2)N(C(=O)c2ccc(Cl)c(C(F)(F)F)c2)[C@H](C)C1. The number of hydrazone groups is 1. The van der Waals surface area contributed by atoms with Crippen molar-refractivity contribution in [1.29, 1.82) is 5.26 Å². The van der Waals surface area contributed by atoms with E-state index in [-0.39, 0.29) is 11.6 Å². The summed E-state index contributed by atoms with van der Waals surface area (Å²) in [5.41, 5.74) is 0.308. The van der Waals surface area contributed by atoms with Gasteiger partial charge in [0, 0.05) is 42.4 Å². The average molecular weight is 597 g/mol. The highest BCUT2D eigenvalue weighted by Gasteiger charge is 2.37. The normalized spacial score (nSPS) is 22.6. The van der Waals surface area contributed by atoms with Crippen LogP contribution in [-0.2, 0) is 15.9 Å². The lowest BCUT2D eigenvalue weighted by atomic mass is 10.1. The van der Waals surface area contributed by atoms with Crippen molar-refractivity contribution in [3.05, 3.63) is 64.2 Å². The van der Waals surface area contributed by atoms with E-state index in [1.165, 1.54) is 17.3 Å². The number of hydrogen-bond donors (Lipinski definition) is 0. The topological polar surface area (TPSA) is 92.4 Å². The van der Waals surface area contributed by atoms with E-state index in [1.54, 1.807) is 35.5 Å². The molecule has 0 saturated carbocycles. The van der Waals surface area contributed by atoms with Crippen LogP contribution in [0, 0.1) is 11.5 Å². The molecule has 0 spiro atoms. The predicted molar refractivity (Wildman–Crippen MR) is 149 cm³/mol. The second-order valence-corrected chi connectivity index (χ2v) is 12.7. The molecule has 4 atom stereocenters. The Morgan fingerprint density at radius 1 is 1.20 bits per heavy atom.